The number of hydrogen-bond donors (Lipinski definition) is 0. The maximum atomic E-state index is 14.2. The van der Waals surface area contributed by atoms with Crippen molar-refractivity contribution in [2.24, 2.45) is 0 Å². The molecule has 0 bridgehead atoms. The Hall–Kier alpha value is -4.84. The van der Waals surface area contributed by atoms with Gasteiger partial charge in [0.25, 0.3) is 11.8 Å². The van der Waals surface area contributed by atoms with Gasteiger partial charge in [0, 0.05) is 13.0 Å². The Morgan fingerprint density at radius 1 is 0.684 bits per heavy atom. The third-order valence-electron chi connectivity index (χ3n) is 6.70. The summed E-state index contributed by atoms with van der Waals surface area (Å²) < 4.78 is 0. The highest BCUT2D eigenvalue weighted by Crippen LogP contribution is 2.30. The Bertz CT molecular complexity index is 1420. The lowest BCUT2D eigenvalue weighted by Gasteiger charge is -2.27. The highest BCUT2D eigenvalue weighted by atomic mass is 16.2. The minimum atomic E-state index is -0.720. The maximum absolute atomic E-state index is 14.2. The predicted octanol–water partition coefficient (Wildman–Crippen LogP) is 5.37. The molecule has 1 heterocycles. The molecule has 0 atom stereocenters. The molecule has 0 aliphatic carbocycles. The summed E-state index contributed by atoms with van der Waals surface area (Å²) in [4.78, 5) is 55.9. The number of fused-ring (bicyclic) bond motifs is 1. The molecule has 0 saturated heterocycles. The number of imide groups is 2. The molecule has 6 nitrogen and oxygen atoms in total. The molecule has 1 aliphatic heterocycles. The van der Waals surface area contributed by atoms with Gasteiger partial charge in [-0.15, -0.1) is 0 Å². The second kappa shape index (κ2) is 10.6. The van der Waals surface area contributed by atoms with Gasteiger partial charge >= 0.3 is 0 Å². The number of benzene rings is 4. The van der Waals surface area contributed by atoms with Crippen molar-refractivity contribution < 1.29 is 19.2 Å². The molecule has 6 heteroatoms. The summed E-state index contributed by atoms with van der Waals surface area (Å²) >= 11 is 0. The SMILES string of the molecule is Cc1ccc(N(C(=O)CCN2C(=O)c3ccccc3C2=O)C(=O)C(c2ccccc2)c2ccccc2)cc1. The maximum Gasteiger partial charge on any atom is 0.261 e. The third-order valence-corrected chi connectivity index (χ3v) is 6.70. The van der Waals surface area contributed by atoms with Crippen LogP contribution in [0, 0.1) is 6.92 Å². The van der Waals surface area contributed by atoms with E-state index in [1.54, 1.807) is 36.4 Å². The second-order valence-electron chi connectivity index (χ2n) is 9.21. The van der Waals surface area contributed by atoms with Crippen LogP contribution >= 0.6 is 0 Å². The van der Waals surface area contributed by atoms with Gasteiger partial charge in [-0.1, -0.05) is 90.5 Å². The van der Waals surface area contributed by atoms with Gasteiger partial charge in [-0.25, -0.2) is 4.90 Å². The van der Waals surface area contributed by atoms with Crippen LogP contribution in [0.2, 0.25) is 0 Å². The third kappa shape index (κ3) is 4.76. The summed E-state index contributed by atoms with van der Waals surface area (Å²) in [7, 11) is 0. The lowest BCUT2D eigenvalue weighted by Crippen LogP contribution is -2.42. The standard InChI is InChI=1S/C32H26N2O4/c1-22-16-18-25(19-17-22)34(28(35)20-21-33-30(36)26-14-8-9-15-27(26)31(33)37)32(38)29(23-10-4-2-5-11-23)24-12-6-3-7-13-24/h2-19,29H,20-21H2,1H3. The zero-order valence-corrected chi connectivity index (χ0v) is 20.9. The normalized spacial score (nSPS) is 12.5. The molecule has 188 valence electrons. The van der Waals surface area contributed by atoms with Gasteiger partial charge in [0.15, 0.2) is 0 Å². The fourth-order valence-electron chi connectivity index (χ4n) is 4.75. The van der Waals surface area contributed by atoms with Crippen LogP contribution in [-0.4, -0.2) is 35.1 Å². The quantitative estimate of drug-likeness (QED) is 0.318. The molecule has 38 heavy (non-hydrogen) atoms. The first-order valence-corrected chi connectivity index (χ1v) is 12.4. The zero-order chi connectivity index (χ0) is 26.6. The minimum absolute atomic E-state index is 0.123. The predicted molar refractivity (Wildman–Crippen MR) is 145 cm³/mol. The van der Waals surface area contributed by atoms with Crippen LogP contribution in [0.1, 0.15) is 49.7 Å². The van der Waals surface area contributed by atoms with Crippen molar-refractivity contribution in [1.82, 2.24) is 4.90 Å². The number of anilines is 1. The monoisotopic (exact) mass is 502 g/mol. The Labute approximate surface area is 221 Å². The van der Waals surface area contributed by atoms with Gasteiger partial charge in [-0.2, -0.15) is 0 Å². The van der Waals surface area contributed by atoms with Crippen molar-refractivity contribution in [3.63, 3.8) is 0 Å². The molecule has 0 radical (unpaired) electrons. The molecule has 1 aliphatic rings. The molecule has 4 aromatic rings. The van der Waals surface area contributed by atoms with Crippen LogP contribution in [0.3, 0.4) is 0 Å². The first-order valence-electron chi connectivity index (χ1n) is 12.4. The molecule has 0 fully saturated rings. The highest BCUT2D eigenvalue weighted by Gasteiger charge is 2.37. The molecular formula is C32H26N2O4. The summed E-state index contributed by atoms with van der Waals surface area (Å²) in [6.45, 7) is 1.80. The molecule has 4 aromatic carbocycles. The van der Waals surface area contributed by atoms with E-state index in [0.717, 1.165) is 21.6 Å². The van der Waals surface area contributed by atoms with Crippen molar-refractivity contribution in [3.05, 3.63) is 137 Å². The lowest BCUT2D eigenvalue weighted by atomic mass is 9.89. The molecular weight excluding hydrogens is 476 g/mol. The Morgan fingerprint density at radius 2 is 1.16 bits per heavy atom. The van der Waals surface area contributed by atoms with Gasteiger partial charge in [-0.3, -0.25) is 24.1 Å². The Morgan fingerprint density at radius 3 is 1.66 bits per heavy atom. The molecule has 0 unspecified atom stereocenters. The first-order chi connectivity index (χ1) is 18.5. The summed E-state index contributed by atoms with van der Waals surface area (Å²) in [6, 6.07) is 32.4. The molecule has 0 saturated carbocycles. The molecule has 0 N–H and O–H groups in total. The van der Waals surface area contributed by atoms with Gasteiger partial charge in [0.2, 0.25) is 11.8 Å². The molecule has 4 amide bonds. The average Bonchev–Trinajstić information content (AvgIpc) is 3.19. The van der Waals surface area contributed by atoms with Crippen molar-refractivity contribution in [3.8, 4) is 0 Å². The fourth-order valence-corrected chi connectivity index (χ4v) is 4.75. The van der Waals surface area contributed by atoms with Crippen molar-refractivity contribution in [1.29, 1.82) is 0 Å². The van der Waals surface area contributed by atoms with E-state index in [9.17, 15) is 19.2 Å². The summed E-state index contributed by atoms with van der Waals surface area (Å²) in [5.74, 6) is -2.48. The van der Waals surface area contributed by atoms with Gasteiger partial charge < -0.3 is 0 Å². The van der Waals surface area contributed by atoms with E-state index >= 15 is 0 Å². The van der Waals surface area contributed by atoms with E-state index in [2.05, 4.69) is 0 Å². The van der Waals surface area contributed by atoms with Crippen LogP contribution in [0.5, 0.6) is 0 Å². The number of aryl methyl sites for hydroxylation is 1. The van der Waals surface area contributed by atoms with Crippen molar-refractivity contribution >= 4 is 29.3 Å². The van der Waals surface area contributed by atoms with E-state index in [1.165, 1.54) is 4.90 Å². The number of rotatable bonds is 7. The van der Waals surface area contributed by atoms with Crippen LogP contribution in [0.4, 0.5) is 5.69 Å². The fraction of sp³-hybridized carbons (Fsp3) is 0.125. The van der Waals surface area contributed by atoms with E-state index < -0.39 is 29.5 Å². The van der Waals surface area contributed by atoms with Gasteiger partial charge in [0.05, 0.1) is 22.7 Å². The van der Waals surface area contributed by atoms with E-state index in [-0.39, 0.29) is 13.0 Å². The largest absolute Gasteiger partial charge is 0.274 e. The average molecular weight is 503 g/mol. The first kappa shape index (κ1) is 24.8. The summed E-state index contributed by atoms with van der Waals surface area (Å²) in [6.07, 6.45) is -0.193. The van der Waals surface area contributed by atoms with Crippen molar-refractivity contribution in [2.45, 2.75) is 19.3 Å². The van der Waals surface area contributed by atoms with E-state index in [1.807, 2.05) is 79.7 Å². The lowest BCUT2D eigenvalue weighted by molar-refractivity contribution is -0.126. The molecule has 0 spiro atoms. The number of carbonyl (C=O) groups excluding carboxylic acids is 4. The number of nitrogens with zero attached hydrogens (tertiary/aromatic N) is 2. The van der Waals surface area contributed by atoms with Crippen LogP contribution < -0.4 is 4.90 Å². The van der Waals surface area contributed by atoms with Crippen LogP contribution in [0.25, 0.3) is 0 Å². The number of hydrogen-bond acceptors (Lipinski definition) is 4. The second-order valence-corrected chi connectivity index (χ2v) is 9.21. The zero-order valence-electron chi connectivity index (χ0n) is 20.9. The Balaban J connectivity index is 1.47. The molecule has 5 rings (SSSR count). The van der Waals surface area contributed by atoms with E-state index in [0.29, 0.717) is 16.8 Å². The van der Waals surface area contributed by atoms with Gasteiger partial charge in [0.1, 0.15) is 0 Å². The van der Waals surface area contributed by atoms with Crippen LogP contribution in [0.15, 0.2) is 109 Å². The Kier molecular flexibility index (Phi) is 6.96. The van der Waals surface area contributed by atoms with Crippen molar-refractivity contribution in [2.75, 3.05) is 11.4 Å². The highest BCUT2D eigenvalue weighted by molar-refractivity contribution is 6.22. The topological polar surface area (TPSA) is 74.8 Å². The van der Waals surface area contributed by atoms with E-state index in [4.69, 9.17) is 0 Å². The number of amides is 4. The summed E-state index contributed by atoms with van der Waals surface area (Å²) in [5.41, 5.74) is 3.59. The van der Waals surface area contributed by atoms with Gasteiger partial charge in [-0.05, 0) is 42.3 Å². The molecule has 0 aromatic heterocycles. The number of carbonyl (C=O) groups is 4. The minimum Gasteiger partial charge on any atom is -0.274 e. The summed E-state index contributed by atoms with van der Waals surface area (Å²) in [5, 5.41) is 0. The smallest absolute Gasteiger partial charge is 0.261 e. The van der Waals surface area contributed by atoms with Crippen LogP contribution in [-0.2, 0) is 9.59 Å².